The van der Waals surface area contributed by atoms with Gasteiger partial charge in [0.2, 0.25) is 0 Å². The zero-order valence-electron chi connectivity index (χ0n) is 11.9. The summed E-state index contributed by atoms with van der Waals surface area (Å²) >= 11 is 3.48. The lowest BCUT2D eigenvalue weighted by Gasteiger charge is -2.30. The quantitative estimate of drug-likeness (QED) is 0.896. The Morgan fingerprint density at radius 3 is 2.95 bits per heavy atom. The molecule has 110 valence electrons. The maximum absolute atomic E-state index is 6.29. The highest BCUT2D eigenvalue weighted by atomic mass is 79.9. The number of nitrogens with two attached hydrogens (primary N) is 1. The highest BCUT2D eigenvalue weighted by Crippen LogP contribution is 2.41. The first kappa shape index (κ1) is 14.4. The lowest BCUT2D eigenvalue weighted by molar-refractivity contribution is 0.161. The summed E-state index contributed by atoms with van der Waals surface area (Å²) < 4.78 is 12.7. The SMILES string of the molecule is CCOc1cccc(C2C[C@H](N)c3ccc(Br)cc3O2)c1. The molecule has 21 heavy (non-hydrogen) atoms. The summed E-state index contributed by atoms with van der Waals surface area (Å²) in [6.45, 7) is 2.64. The Bertz CT molecular complexity index is 644. The van der Waals surface area contributed by atoms with E-state index in [0.717, 1.165) is 33.5 Å². The standard InChI is InChI=1S/C17H18BrNO2/c1-2-20-13-5-3-4-11(8-13)16-10-15(19)14-7-6-12(18)9-17(14)21-16/h3-9,15-16H,2,10,19H2,1H3/t15-,16?/m0/s1. The second kappa shape index (κ2) is 6.08. The number of rotatable bonds is 3. The highest BCUT2D eigenvalue weighted by Gasteiger charge is 2.27. The largest absolute Gasteiger partial charge is 0.494 e. The molecule has 3 rings (SSSR count). The van der Waals surface area contributed by atoms with E-state index in [2.05, 4.69) is 22.0 Å². The lowest BCUT2D eigenvalue weighted by atomic mass is 9.93. The molecule has 0 radical (unpaired) electrons. The van der Waals surface area contributed by atoms with E-state index in [1.165, 1.54) is 0 Å². The summed E-state index contributed by atoms with van der Waals surface area (Å²) in [5.74, 6) is 1.72. The molecular formula is C17H18BrNO2. The van der Waals surface area contributed by atoms with Crippen LogP contribution in [0.2, 0.25) is 0 Å². The minimum atomic E-state index is -0.0396. The first-order valence-electron chi connectivity index (χ1n) is 7.12. The van der Waals surface area contributed by atoms with Crippen LogP contribution in [0, 0.1) is 0 Å². The third-order valence-corrected chi connectivity index (χ3v) is 4.15. The number of fused-ring (bicyclic) bond motifs is 1. The van der Waals surface area contributed by atoms with Crippen LogP contribution in [0.4, 0.5) is 0 Å². The van der Waals surface area contributed by atoms with Gasteiger partial charge in [-0.15, -0.1) is 0 Å². The first-order valence-corrected chi connectivity index (χ1v) is 7.91. The lowest BCUT2D eigenvalue weighted by Crippen LogP contribution is -2.24. The molecule has 0 bridgehead atoms. The van der Waals surface area contributed by atoms with Crippen molar-refractivity contribution in [2.24, 2.45) is 5.73 Å². The van der Waals surface area contributed by atoms with Gasteiger partial charge in [-0.25, -0.2) is 0 Å². The van der Waals surface area contributed by atoms with Gasteiger partial charge in [-0.3, -0.25) is 0 Å². The molecule has 2 aromatic rings. The van der Waals surface area contributed by atoms with E-state index in [4.69, 9.17) is 15.2 Å². The highest BCUT2D eigenvalue weighted by molar-refractivity contribution is 9.10. The molecule has 1 heterocycles. The van der Waals surface area contributed by atoms with E-state index in [1.807, 2.05) is 43.3 Å². The van der Waals surface area contributed by atoms with Crippen LogP contribution < -0.4 is 15.2 Å². The molecule has 0 aromatic heterocycles. The summed E-state index contributed by atoms with van der Waals surface area (Å²) in [6, 6.07) is 14.0. The zero-order valence-corrected chi connectivity index (χ0v) is 13.5. The van der Waals surface area contributed by atoms with Gasteiger partial charge in [-0.2, -0.15) is 0 Å². The molecule has 1 unspecified atom stereocenters. The fourth-order valence-electron chi connectivity index (χ4n) is 2.65. The van der Waals surface area contributed by atoms with Crippen molar-refractivity contribution in [3.63, 3.8) is 0 Å². The normalized spacial score (nSPS) is 20.5. The van der Waals surface area contributed by atoms with Crippen LogP contribution in [0.5, 0.6) is 11.5 Å². The number of benzene rings is 2. The third kappa shape index (κ3) is 3.06. The smallest absolute Gasteiger partial charge is 0.126 e. The van der Waals surface area contributed by atoms with Crippen LogP contribution in [-0.2, 0) is 0 Å². The maximum Gasteiger partial charge on any atom is 0.126 e. The van der Waals surface area contributed by atoms with Crippen molar-refractivity contribution < 1.29 is 9.47 Å². The molecular weight excluding hydrogens is 330 g/mol. The van der Waals surface area contributed by atoms with Gasteiger partial charge in [0, 0.05) is 22.5 Å². The van der Waals surface area contributed by atoms with Gasteiger partial charge in [0.05, 0.1) is 6.61 Å². The molecule has 2 aromatic carbocycles. The average molecular weight is 348 g/mol. The van der Waals surface area contributed by atoms with Crippen LogP contribution in [0.25, 0.3) is 0 Å². The average Bonchev–Trinajstić information content (AvgIpc) is 2.47. The van der Waals surface area contributed by atoms with E-state index in [9.17, 15) is 0 Å². The third-order valence-electron chi connectivity index (χ3n) is 3.65. The van der Waals surface area contributed by atoms with Crippen molar-refractivity contribution in [1.82, 2.24) is 0 Å². The molecule has 1 aliphatic rings. The molecule has 0 fully saturated rings. The van der Waals surface area contributed by atoms with Crippen LogP contribution in [0.15, 0.2) is 46.9 Å². The summed E-state index contributed by atoms with van der Waals surface area (Å²) in [5.41, 5.74) is 8.46. The molecule has 3 nitrogen and oxygen atoms in total. The van der Waals surface area contributed by atoms with E-state index in [0.29, 0.717) is 6.61 Å². The Hall–Kier alpha value is -1.52. The van der Waals surface area contributed by atoms with E-state index < -0.39 is 0 Å². The first-order chi connectivity index (χ1) is 10.2. The predicted molar refractivity (Wildman–Crippen MR) is 86.7 cm³/mol. The van der Waals surface area contributed by atoms with Gasteiger partial charge in [-0.05, 0) is 36.8 Å². The Kier molecular flexibility index (Phi) is 4.17. The number of hydrogen-bond acceptors (Lipinski definition) is 3. The van der Waals surface area contributed by atoms with Crippen molar-refractivity contribution in [3.05, 3.63) is 58.1 Å². The van der Waals surface area contributed by atoms with Gasteiger partial charge in [0.25, 0.3) is 0 Å². The second-order valence-corrected chi connectivity index (χ2v) is 6.05. The molecule has 0 saturated heterocycles. The molecule has 0 amide bonds. The van der Waals surface area contributed by atoms with E-state index >= 15 is 0 Å². The minimum absolute atomic E-state index is 0.0115. The summed E-state index contributed by atoms with van der Waals surface area (Å²) in [6.07, 6.45) is 0.728. The topological polar surface area (TPSA) is 44.5 Å². The molecule has 0 spiro atoms. The van der Waals surface area contributed by atoms with Gasteiger partial charge in [0.1, 0.15) is 17.6 Å². The fourth-order valence-corrected chi connectivity index (χ4v) is 2.99. The van der Waals surface area contributed by atoms with E-state index in [1.54, 1.807) is 0 Å². The second-order valence-electron chi connectivity index (χ2n) is 5.14. The van der Waals surface area contributed by atoms with Crippen molar-refractivity contribution >= 4 is 15.9 Å². The number of ether oxygens (including phenoxy) is 2. The Labute approximate surface area is 133 Å². The Morgan fingerprint density at radius 2 is 2.14 bits per heavy atom. The Balaban J connectivity index is 1.89. The fraction of sp³-hybridized carbons (Fsp3) is 0.294. The zero-order chi connectivity index (χ0) is 14.8. The van der Waals surface area contributed by atoms with Gasteiger partial charge in [-0.1, -0.05) is 34.1 Å². The van der Waals surface area contributed by atoms with Gasteiger partial charge < -0.3 is 15.2 Å². The van der Waals surface area contributed by atoms with Crippen LogP contribution in [-0.4, -0.2) is 6.61 Å². The van der Waals surface area contributed by atoms with Crippen LogP contribution in [0.3, 0.4) is 0 Å². The molecule has 2 atom stereocenters. The maximum atomic E-state index is 6.29. The molecule has 1 aliphatic heterocycles. The predicted octanol–water partition coefficient (Wildman–Crippen LogP) is 4.37. The van der Waals surface area contributed by atoms with Gasteiger partial charge >= 0.3 is 0 Å². The Morgan fingerprint density at radius 1 is 1.29 bits per heavy atom. The monoisotopic (exact) mass is 347 g/mol. The van der Waals surface area contributed by atoms with Crippen molar-refractivity contribution in [2.45, 2.75) is 25.5 Å². The number of hydrogen-bond donors (Lipinski definition) is 1. The molecule has 0 saturated carbocycles. The summed E-state index contributed by atoms with van der Waals surface area (Å²) in [4.78, 5) is 0. The van der Waals surface area contributed by atoms with Crippen LogP contribution >= 0.6 is 15.9 Å². The van der Waals surface area contributed by atoms with Crippen molar-refractivity contribution in [1.29, 1.82) is 0 Å². The minimum Gasteiger partial charge on any atom is -0.494 e. The van der Waals surface area contributed by atoms with E-state index in [-0.39, 0.29) is 12.1 Å². The summed E-state index contributed by atoms with van der Waals surface area (Å²) in [7, 11) is 0. The van der Waals surface area contributed by atoms with Crippen molar-refractivity contribution in [3.8, 4) is 11.5 Å². The number of halogens is 1. The molecule has 4 heteroatoms. The molecule has 2 N–H and O–H groups in total. The van der Waals surface area contributed by atoms with Crippen molar-refractivity contribution in [2.75, 3.05) is 6.61 Å². The van der Waals surface area contributed by atoms with Crippen LogP contribution in [0.1, 0.15) is 36.6 Å². The summed E-state index contributed by atoms with van der Waals surface area (Å²) in [5, 5.41) is 0. The van der Waals surface area contributed by atoms with Gasteiger partial charge in [0.15, 0.2) is 0 Å². The molecule has 0 aliphatic carbocycles.